The summed E-state index contributed by atoms with van der Waals surface area (Å²) < 4.78 is 5.18. The van der Waals surface area contributed by atoms with Crippen LogP contribution in [-0.2, 0) is 13.0 Å². The second-order valence-corrected chi connectivity index (χ2v) is 4.93. The smallest absolute Gasteiger partial charge is 0.226 e. The van der Waals surface area contributed by atoms with Gasteiger partial charge in [0.25, 0.3) is 0 Å². The highest BCUT2D eigenvalue weighted by Crippen LogP contribution is 2.22. The van der Waals surface area contributed by atoms with Crippen molar-refractivity contribution >= 4 is 0 Å². The number of hydrogen-bond donors (Lipinski definition) is 1. The molecule has 0 saturated carbocycles. The van der Waals surface area contributed by atoms with Crippen LogP contribution < -0.4 is 5.32 Å². The van der Waals surface area contributed by atoms with E-state index in [0.29, 0.717) is 18.5 Å². The van der Waals surface area contributed by atoms with Crippen molar-refractivity contribution in [1.29, 1.82) is 0 Å². The summed E-state index contributed by atoms with van der Waals surface area (Å²) in [6.07, 6.45) is 4.51. The van der Waals surface area contributed by atoms with Gasteiger partial charge in [-0.05, 0) is 11.6 Å². The average molecular weight is 273 g/mol. The minimum atomic E-state index is 0.307. The number of pyridine rings is 1. The molecule has 0 radical (unpaired) electrons. The quantitative estimate of drug-likeness (QED) is 0.902. The molecule has 6 nitrogen and oxygen atoms in total. The van der Waals surface area contributed by atoms with Crippen LogP contribution in [0.1, 0.15) is 30.2 Å². The van der Waals surface area contributed by atoms with Gasteiger partial charge in [0.05, 0.1) is 6.54 Å². The summed E-state index contributed by atoms with van der Waals surface area (Å²) in [7, 11) is 0. The van der Waals surface area contributed by atoms with Crippen LogP contribution in [0.15, 0.2) is 29.0 Å². The van der Waals surface area contributed by atoms with E-state index in [1.807, 2.05) is 19.2 Å². The molecule has 1 N–H and O–H groups in total. The van der Waals surface area contributed by atoms with E-state index >= 15 is 0 Å². The molecule has 0 spiro atoms. The minimum Gasteiger partial charge on any atom is -0.339 e. The van der Waals surface area contributed by atoms with Crippen LogP contribution in [0, 0.1) is 0 Å². The Morgan fingerprint density at radius 2 is 2.45 bits per heavy atom. The van der Waals surface area contributed by atoms with Crippen LogP contribution in [0.4, 0.5) is 0 Å². The molecule has 2 aromatic rings. The highest BCUT2D eigenvalue weighted by atomic mass is 16.5. The Hall–Kier alpha value is -1.79. The van der Waals surface area contributed by atoms with Gasteiger partial charge in [-0.1, -0.05) is 18.1 Å². The van der Waals surface area contributed by atoms with Crippen molar-refractivity contribution in [2.75, 3.05) is 19.6 Å². The third-order valence-electron chi connectivity index (χ3n) is 3.58. The van der Waals surface area contributed by atoms with E-state index in [0.717, 1.165) is 31.9 Å². The first-order valence-corrected chi connectivity index (χ1v) is 7.03. The first-order chi connectivity index (χ1) is 9.86. The van der Waals surface area contributed by atoms with E-state index in [-0.39, 0.29) is 0 Å². The maximum Gasteiger partial charge on any atom is 0.226 e. The van der Waals surface area contributed by atoms with Crippen molar-refractivity contribution in [2.24, 2.45) is 0 Å². The van der Waals surface area contributed by atoms with Gasteiger partial charge in [-0.2, -0.15) is 4.98 Å². The van der Waals surface area contributed by atoms with Gasteiger partial charge in [-0.15, -0.1) is 0 Å². The van der Waals surface area contributed by atoms with Crippen LogP contribution in [0.3, 0.4) is 0 Å². The molecule has 1 atom stereocenters. The molecule has 3 heterocycles. The van der Waals surface area contributed by atoms with Crippen molar-refractivity contribution in [3.05, 3.63) is 41.8 Å². The Morgan fingerprint density at radius 1 is 1.50 bits per heavy atom. The molecule has 2 aromatic heterocycles. The molecule has 1 aliphatic rings. The van der Waals surface area contributed by atoms with Crippen LogP contribution in [-0.4, -0.2) is 39.7 Å². The van der Waals surface area contributed by atoms with Gasteiger partial charge in [0.15, 0.2) is 5.82 Å². The fraction of sp³-hybridized carbons (Fsp3) is 0.500. The van der Waals surface area contributed by atoms with Crippen LogP contribution in [0.2, 0.25) is 0 Å². The third kappa shape index (κ3) is 2.86. The second kappa shape index (κ2) is 6.11. The fourth-order valence-electron chi connectivity index (χ4n) is 2.52. The topological polar surface area (TPSA) is 67.1 Å². The summed E-state index contributed by atoms with van der Waals surface area (Å²) in [5.74, 6) is 1.46. The summed E-state index contributed by atoms with van der Waals surface area (Å²) in [5.41, 5.74) is 1.22. The first kappa shape index (κ1) is 13.2. The molecule has 20 heavy (non-hydrogen) atoms. The summed E-state index contributed by atoms with van der Waals surface area (Å²) in [4.78, 5) is 11.0. The van der Waals surface area contributed by atoms with Gasteiger partial charge in [0, 0.05) is 44.5 Å². The van der Waals surface area contributed by atoms with Crippen molar-refractivity contribution in [3.8, 4) is 0 Å². The largest absolute Gasteiger partial charge is 0.339 e. The summed E-state index contributed by atoms with van der Waals surface area (Å²) >= 11 is 0. The predicted octanol–water partition coefficient (Wildman–Crippen LogP) is 1.17. The third-order valence-corrected chi connectivity index (χ3v) is 3.58. The normalized spacial score (nSPS) is 20.1. The molecular weight excluding hydrogens is 254 g/mol. The number of aryl methyl sites for hydroxylation is 1. The maximum absolute atomic E-state index is 5.18. The zero-order valence-corrected chi connectivity index (χ0v) is 11.6. The molecular formula is C14H19N5O. The average Bonchev–Trinajstić information content (AvgIpc) is 2.96. The predicted molar refractivity (Wildman–Crippen MR) is 73.9 cm³/mol. The van der Waals surface area contributed by atoms with Crippen LogP contribution in [0.5, 0.6) is 0 Å². The standard InChI is InChI=1S/C14H19N5O/c1-2-14-17-13(18-20-14)10-19-7-6-16-9-12(19)11-4-3-5-15-8-11/h3-5,8,12,16H,2,6-7,9-10H2,1H3. The Labute approximate surface area is 118 Å². The van der Waals surface area contributed by atoms with Crippen molar-refractivity contribution in [1.82, 2.24) is 25.3 Å². The van der Waals surface area contributed by atoms with Gasteiger partial charge in [-0.3, -0.25) is 9.88 Å². The lowest BCUT2D eigenvalue weighted by Crippen LogP contribution is -2.45. The van der Waals surface area contributed by atoms with Crippen molar-refractivity contribution < 1.29 is 4.52 Å². The van der Waals surface area contributed by atoms with Gasteiger partial charge in [0.1, 0.15) is 0 Å². The molecule has 1 unspecified atom stereocenters. The van der Waals surface area contributed by atoms with Gasteiger partial charge < -0.3 is 9.84 Å². The van der Waals surface area contributed by atoms with Crippen molar-refractivity contribution in [3.63, 3.8) is 0 Å². The highest BCUT2D eigenvalue weighted by Gasteiger charge is 2.25. The Kier molecular flexibility index (Phi) is 4.03. The molecule has 106 valence electrons. The van der Waals surface area contributed by atoms with E-state index in [9.17, 15) is 0 Å². The number of piperazine rings is 1. The molecule has 1 fully saturated rings. The van der Waals surface area contributed by atoms with Crippen LogP contribution in [0.25, 0.3) is 0 Å². The lowest BCUT2D eigenvalue weighted by Gasteiger charge is -2.35. The van der Waals surface area contributed by atoms with E-state index in [2.05, 4.69) is 31.4 Å². The van der Waals surface area contributed by atoms with E-state index < -0.39 is 0 Å². The first-order valence-electron chi connectivity index (χ1n) is 7.03. The molecule has 6 heteroatoms. The number of rotatable bonds is 4. The van der Waals surface area contributed by atoms with Gasteiger partial charge in [0.2, 0.25) is 5.89 Å². The SMILES string of the molecule is CCc1nc(CN2CCNCC2c2cccnc2)no1. The van der Waals surface area contributed by atoms with E-state index in [1.165, 1.54) is 5.56 Å². The van der Waals surface area contributed by atoms with Crippen molar-refractivity contribution in [2.45, 2.75) is 25.9 Å². The van der Waals surface area contributed by atoms with Gasteiger partial charge in [-0.25, -0.2) is 0 Å². The molecule has 0 aliphatic carbocycles. The molecule has 0 bridgehead atoms. The van der Waals surface area contributed by atoms with Gasteiger partial charge >= 0.3 is 0 Å². The van der Waals surface area contributed by atoms with Crippen LogP contribution >= 0.6 is 0 Å². The molecule has 1 saturated heterocycles. The van der Waals surface area contributed by atoms with E-state index in [4.69, 9.17) is 4.52 Å². The fourth-order valence-corrected chi connectivity index (χ4v) is 2.52. The summed E-state index contributed by atoms with van der Waals surface area (Å²) in [6.45, 7) is 5.60. The molecule has 1 aliphatic heterocycles. The highest BCUT2D eigenvalue weighted by molar-refractivity contribution is 5.15. The number of aromatic nitrogens is 3. The second-order valence-electron chi connectivity index (χ2n) is 4.93. The molecule has 0 aromatic carbocycles. The zero-order valence-electron chi connectivity index (χ0n) is 11.6. The summed E-state index contributed by atoms with van der Waals surface area (Å²) in [5, 5.41) is 7.48. The molecule has 0 amide bonds. The number of nitrogens with one attached hydrogen (secondary N) is 1. The Morgan fingerprint density at radius 3 is 3.20 bits per heavy atom. The Bertz CT molecular complexity index is 542. The lowest BCUT2D eigenvalue weighted by molar-refractivity contribution is 0.148. The monoisotopic (exact) mass is 273 g/mol. The maximum atomic E-state index is 5.18. The molecule has 3 rings (SSSR count). The summed E-state index contributed by atoms with van der Waals surface area (Å²) in [6, 6.07) is 4.40. The zero-order chi connectivity index (χ0) is 13.8. The minimum absolute atomic E-state index is 0.307. The lowest BCUT2D eigenvalue weighted by atomic mass is 10.1. The van der Waals surface area contributed by atoms with E-state index in [1.54, 1.807) is 6.20 Å². The number of hydrogen-bond acceptors (Lipinski definition) is 6. The number of nitrogens with zero attached hydrogens (tertiary/aromatic N) is 4. The Balaban J connectivity index is 1.75.